The highest BCUT2D eigenvalue weighted by molar-refractivity contribution is 5.21. The third kappa shape index (κ3) is 3.37. The number of rotatable bonds is 6. The number of nitrogens with two attached hydrogens (primary N) is 1. The molecule has 0 saturated carbocycles. The van der Waals surface area contributed by atoms with Gasteiger partial charge in [0.05, 0.1) is 19.1 Å². The summed E-state index contributed by atoms with van der Waals surface area (Å²) in [4.78, 5) is 4.06. The van der Waals surface area contributed by atoms with Crippen LogP contribution in [0.2, 0.25) is 0 Å². The molecule has 0 aliphatic rings. The van der Waals surface area contributed by atoms with Gasteiger partial charge in [-0.15, -0.1) is 0 Å². The van der Waals surface area contributed by atoms with E-state index in [2.05, 4.69) is 10.1 Å². The van der Waals surface area contributed by atoms with Gasteiger partial charge >= 0.3 is 0 Å². The van der Waals surface area contributed by atoms with Gasteiger partial charge in [-0.05, 0) is 13.0 Å². The molecule has 1 heterocycles. The third-order valence-electron chi connectivity index (χ3n) is 2.69. The van der Waals surface area contributed by atoms with Crippen LogP contribution in [0.4, 0.5) is 8.78 Å². The molecule has 0 aliphatic carbocycles. The molecule has 0 amide bonds. The Balaban J connectivity index is 2.07. The average molecular weight is 283 g/mol. The molecule has 1 aromatic carbocycles. The Labute approximate surface area is 114 Å². The zero-order chi connectivity index (χ0) is 14.5. The van der Waals surface area contributed by atoms with Crippen molar-refractivity contribution in [3.05, 3.63) is 47.1 Å². The van der Waals surface area contributed by atoms with E-state index in [-0.39, 0.29) is 30.3 Å². The Morgan fingerprint density at radius 3 is 2.95 bits per heavy atom. The Kier molecular flexibility index (Phi) is 4.75. The van der Waals surface area contributed by atoms with Gasteiger partial charge in [-0.2, -0.15) is 4.98 Å². The van der Waals surface area contributed by atoms with E-state index in [9.17, 15) is 8.78 Å². The van der Waals surface area contributed by atoms with Crippen molar-refractivity contribution in [2.45, 2.75) is 19.4 Å². The summed E-state index contributed by atoms with van der Waals surface area (Å²) in [6, 6.07) is 3.43. The fourth-order valence-electron chi connectivity index (χ4n) is 1.66. The topological polar surface area (TPSA) is 74.2 Å². The summed E-state index contributed by atoms with van der Waals surface area (Å²) in [6.45, 7) is 2.65. The summed E-state index contributed by atoms with van der Waals surface area (Å²) in [7, 11) is 0. The van der Waals surface area contributed by atoms with Crippen LogP contribution in [0.1, 0.15) is 30.2 Å². The zero-order valence-electron chi connectivity index (χ0n) is 11.0. The molecule has 2 N–H and O–H groups in total. The number of hydrogen-bond acceptors (Lipinski definition) is 5. The van der Waals surface area contributed by atoms with Crippen molar-refractivity contribution in [2.75, 3.05) is 13.2 Å². The first-order chi connectivity index (χ1) is 9.61. The van der Waals surface area contributed by atoms with Gasteiger partial charge in [0.2, 0.25) is 5.89 Å². The monoisotopic (exact) mass is 283 g/mol. The van der Waals surface area contributed by atoms with Crippen LogP contribution in [0.25, 0.3) is 0 Å². The summed E-state index contributed by atoms with van der Waals surface area (Å²) >= 11 is 0. The van der Waals surface area contributed by atoms with E-state index in [1.165, 1.54) is 12.1 Å². The molecule has 108 valence electrons. The second-order valence-corrected chi connectivity index (χ2v) is 4.20. The summed E-state index contributed by atoms with van der Waals surface area (Å²) in [5.41, 5.74) is 5.95. The fraction of sp³-hybridized carbons (Fsp3) is 0.385. The number of ether oxygens (including phenoxy) is 1. The minimum Gasteiger partial charge on any atom is -0.380 e. The van der Waals surface area contributed by atoms with Crippen LogP contribution < -0.4 is 5.73 Å². The summed E-state index contributed by atoms with van der Waals surface area (Å²) in [5.74, 6) is -1.36. The molecule has 0 aliphatic heterocycles. The molecular formula is C13H15F2N3O2. The highest BCUT2D eigenvalue weighted by Gasteiger charge is 2.16. The first-order valence-corrected chi connectivity index (χ1v) is 6.20. The van der Waals surface area contributed by atoms with E-state index in [0.717, 1.165) is 6.07 Å². The largest absolute Gasteiger partial charge is 0.380 e. The molecule has 1 unspecified atom stereocenters. The van der Waals surface area contributed by atoms with Crippen LogP contribution in [0.15, 0.2) is 22.7 Å². The van der Waals surface area contributed by atoms with Gasteiger partial charge in [-0.1, -0.05) is 17.3 Å². The minimum atomic E-state index is -0.911. The lowest BCUT2D eigenvalue weighted by Gasteiger charge is -2.05. The highest BCUT2D eigenvalue weighted by atomic mass is 19.2. The van der Waals surface area contributed by atoms with E-state index in [4.69, 9.17) is 15.0 Å². The Morgan fingerprint density at radius 2 is 2.20 bits per heavy atom. The van der Waals surface area contributed by atoms with Crippen LogP contribution >= 0.6 is 0 Å². The zero-order valence-corrected chi connectivity index (χ0v) is 11.0. The van der Waals surface area contributed by atoms with E-state index in [0.29, 0.717) is 6.61 Å². The van der Waals surface area contributed by atoms with Crippen LogP contribution in [0.3, 0.4) is 0 Å². The van der Waals surface area contributed by atoms with Crippen molar-refractivity contribution >= 4 is 0 Å². The maximum absolute atomic E-state index is 13.5. The summed E-state index contributed by atoms with van der Waals surface area (Å²) < 4.78 is 36.7. The lowest BCUT2D eigenvalue weighted by atomic mass is 10.1. The van der Waals surface area contributed by atoms with Crippen LogP contribution in [-0.2, 0) is 11.2 Å². The van der Waals surface area contributed by atoms with Crippen LogP contribution in [-0.4, -0.2) is 23.4 Å². The van der Waals surface area contributed by atoms with E-state index in [1.807, 2.05) is 6.92 Å². The Morgan fingerprint density at radius 1 is 1.40 bits per heavy atom. The predicted molar refractivity (Wildman–Crippen MR) is 66.9 cm³/mol. The molecule has 2 rings (SSSR count). The summed E-state index contributed by atoms with van der Waals surface area (Å²) in [6.07, 6.45) is 0.0119. The quantitative estimate of drug-likeness (QED) is 0.877. The van der Waals surface area contributed by atoms with Gasteiger partial charge < -0.3 is 15.0 Å². The molecule has 1 aromatic heterocycles. The molecule has 0 fully saturated rings. The van der Waals surface area contributed by atoms with Crippen molar-refractivity contribution in [3.8, 4) is 0 Å². The van der Waals surface area contributed by atoms with E-state index < -0.39 is 17.7 Å². The Hall–Kier alpha value is -1.86. The van der Waals surface area contributed by atoms with Crippen molar-refractivity contribution in [3.63, 3.8) is 0 Å². The second-order valence-electron chi connectivity index (χ2n) is 4.20. The van der Waals surface area contributed by atoms with Crippen molar-refractivity contribution in [1.82, 2.24) is 10.1 Å². The molecule has 2 aromatic rings. The normalized spacial score (nSPS) is 12.6. The van der Waals surface area contributed by atoms with Crippen LogP contribution in [0.5, 0.6) is 0 Å². The highest BCUT2D eigenvalue weighted by Crippen LogP contribution is 2.16. The van der Waals surface area contributed by atoms with Gasteiger partial charge in [0, 0.05) is 12.2 Å². The Bertz CT molecular complexity index is 574. The maximum atomic E-state index is 13.5. The van der Waals surface area contributed by atoms with Gasteiger partial charge in [-0.3, -0.25) is 0 Å². The number of nitrogens with zero attached hydrogens (tertiary/aromatic N) is 2. The van der Waals surface area contributed by atoms with Crippen molar-refractivity contribution < 1.29 is 18.0 Å². The average Bonchev–Trinajstić information content (AvgIpc) is 2.90. The van der Waals surface area contributed by atoms with Gasteiger partial charge in [0.25, 0.3) is 0 Å². The first-order valence-electron chi connectivity index (χ1n) is 6.20. The standard InChI is InChI=1S/C13H15F2N3O2/c1-2-19-7-10(16)13-17-11(20-18-13)6-8-4-3-5-9(14)12(8)15/h3-5,10H,2,6-7,16H2,1H3. The smallest absolute Gasteiger partial charge is 0.231 e. The SMILES string of the molecule is CCOCC(N)c1noc(Cc2cccc(F)c2F)n1. The van der Waals surface area contributed by atoms with E-state index >= 15 is 0 Å². The number of hydrogen-bond donors (Lipinski definition) is 1. The van der Waals surface area contributed by atoms with Gasteiger partial charge in [0.15, 0.2) is 17.5 Å². The molecule has 0 bridgehead atoms. The number of halogens is 2. The van der Waals surface area contributed by atoms with E-state index in [1.54, 1.807) is 0 Å². The number of aromatic nitrogens is 2. The maximum Gasteiger partial charge on any atom is 0.231 e. The molecule has 7 heteroatoms. The van der Waals surface area contributed by atoms with Gasteiger partial charge in [-0.25, -0.2) is 8.78 Å². The predicted octanol–water partition coefficient (Wildman–Crippen LogP) is 1.97. The van der Waals surface area contributed by atoms with Crippen molar-refractivity contribution in [1.29, 1.82) is 0 Å². The van der Waals surface area contributed by atoms with Gasteiger partial charge in [0.1, 0.15) is 0 Å². The van der Waals surface area contributed by atoms with Crippen LogP contribution in [0, 0.1) is 11.6 Å². The minimum absolute atomic E-state index is 0.0119. The number of benzene rings is 1. The fourth-order valence-corrected chi connectivity index (χ4v) is 1.66. The molecule has 0 spiro atoms. The lowest BCUT2D eigenvalue weighted by Crippen LogP contribution is -2.18. The first kappa shape index (κ1) is 14.5. The lowest BCUT2D eigenvalue weighted by molar-refractivity contribution is 0.130. The summed E-state index contributed by atoms with van der Waals surface area (Å²) in [5, 5.41) is 3.71. The molecule has 0 saturated heterocycles. The third-order valence-corrected chi connectivity index (χ3v) is 2.69. The molecule has 5 nitrogen and oxygen atoms in total. The second kappa shape index (κ2) is 6.53. The molecular weight excluding hydrogens is 268 g/mol. The molecule has 20 heavy (non-hydrogen) atoms. The molecule has 1 atom stereocenters. The van der Waals surface area contributed by atoms with Crippen molar-refractivity contribution in [2.24, 2.45) is 5.73 Å². The molecule has 0 radical (unpaired) electrons.